The summed E-state index contributed by atoms with van der Waals surface area (Å²) in [6.45, 7) is 8.45. The molecule has 111 valence electrons. The Balaban J connectivity index is 4.87. The van der Waals surface area contributed by atoms with E-state index in [0.717, 1.165) is 0 Å². The molecule has 0 bridgehead atoms. The Kier molecular flexibility index (Phi) is 9.57. The van der Waals surface area contributed by atoms with Crippen LogP contribution < -0.4 is 5.23 Å². The van der Waals surface area contributed by atoms with E-state index >= 15 is 0 Å². The van der Waals surface area contributed by atoms with Crippen molar-refractivity contribution in [3.63, 3.8) is 0 Å². The van der Waals surface area contributed by atoms with Crippen LogP contribution in [0.1, 0.15) is 27.7 Å². The zero-order valence-corrected chi connectivity index (χ0v) is 13.1. The fourth-order valence-corrected chi connectivity index (χ4v) is 3.97. The minimum Gasteiger partial charge on any atom is -0.353 e. The van der Waals surface area contributed by atoms with Crippen LogP contribution in [0.4, 0.5) is 0 Å². The third-order valence-corrected chi connectivity index (χ3v) is 5.50. The molecule has 1 atom stereocenters. The molecular weight excluding hydrogens is 268 g/mol. The topological polar surface area (TPSA) is 73.9 Å². The largest absolute Gasteiger partial charge is 0.353 e. The second-order valence-corrected chi connectivity index (χ2v) is 6.70. The molecule has 0 saturated heterocycles. The average Bonchev–Trinajstić information content (AvgIpc) is 2.35. The van der Waals surface area contributed by atoms with Gasteiger partial charge in [-0.15, -0.1) is 0 Å². The molecule has 6 nitrogen and oxygen atoms in total. The third-order valence-electron chi connectivity index (χ3n) is 2.52. The highest BCUT2D eigenvalue weighted by Crippen LogP contribution is 2.59. The molecule has 19 heavy (non-hydrogen) atoms. The van der Waals surface area contributed by atoms with Crippen LogP contribution in [0, 0.1) is 0 Å². The van der Waals surface area contributed by atoms with Crippen molar-refractivity contribution in [2.75, 3.05) is 32.5 Å². The predicted molar refractivity (Wildman–Crippen MR) is 76.3 cm³/mol. The van der Waals surface area contributed by atoms with Gasteiger partial charge in [-0.2, -0.15) is 0 Å². The molecule has 1 N–H and O–H groups in total. The van der Waals surface area contributed by atoms with E-state index in [2.05, 4.69) is 5.23 Å². The van der Waals surface area contributed by atoms with Gasteiger partial charge < -0.3 is 24.0 Å². The standard InChI is InChI=1S/C11H24BNO5P/c1-5-16-11(4,17-6-2)19(15,18-7-3)9-8-13-12-10-14/h10,13H,5-9H2,1-4H3. The van der Waals surface area contributed by atoms with Crippen LogP contribution in [0.2, 0.25) is 0 Å². The summed E-state index contributed by atoms with van der Waals surface area (Å²) >= 11 is 0. The smallest absolute Gasteiger partial charge is 0.290 e. The van der Waals surface area contributed by atoms with E-state index in [1.807, 2.05) is 13.8 Å². The summed E-state index contributed by atoms with van der Waals surface area (Å²) in [5.41, 5.74) is -1.25. The van der Waals surface area contributed by atoms with Gasteiger partial charge in [0.1, 0.15) is 0 Å². The molecule has 0 saturated carbocycles. The third kappa shape index (κ3) is 5.75. The number of ether oxygens (including phenoxy) is 2. The molecule has 1 radical (unpaired) electrons. The summed E-state index contributed by atoms with van der Waals surface area (Å²) in [7, 11) is -1.90. The fraction of sp³-hybridized carbons (Fsp3) is 0.909. The SMILES string of the molecule is CCOC(C)(OCC)P(=O)(CCN[B]C=O)OCC. The van der Waals surface area contributed by atoms with Gasteiger partial charge in [0.05, 0.1) is 12.8 Å². The Bertz CT molecular complexity index is 297. The monoisotopic (exact) mass is 292 g/mol. The van der Waals surface area contributed by atoms with Crippen molar-refractivity contribution in [3.8, 4) is 0 Å². The molecule has 0 heterocycles. The van der Waals surface area contributed by atoms with Gasteiger partial charge in [0.15, 0.2) is 0 Å². The molecule has 8 heteroatoms. The van der Waals surface area contributed by atoms with Crippen molar-refractivity contribution >= 4 is 21.0 Å². The number of carbonyl (C=O) groups excluding carboxylic acids is 1. The van der Waals surface area contributed by atoms with Crippen LogP contribution in [0.5, 0.6) is 0 Å². The lowest BCUT2D eigenvalue weighted by molar-refractivity contribution is -0.167. The highest BCUT2D eigenvalue weighted by atomic mass is 31.2. The lowest BCUT2D eigenvalue weighted by Gasteiger charge is -2.36. The van der Waals surface area contributed by atoms with E-state index in [1.54, 1.807) is 13.8 Å². The highest BCUT2D eigenvalue weighted by Gasteiger charge is 2.47. The maximum absolute atomic E-state index is 13.0. The summed E-state index contributed by atoms with van der Waals surface area (Å²) in [6.07, 6.45) is 0.859. The Hall–Kier alpha value is -0.195. The van der Waals surface area contributed by atoms with Crippen LogP contribution in [0.3, 0.4) is 0 Å². The zero-order chi connectivity index (χ0) is 14.8. The zero-order valence-electron chi connectivity index (χ0n) is 12.2. The summed E-state index contributed by atoms with van der Waals surface area (Å²) < 4.78 is 29.5. The average molecular weight is 292 g/mol. The first-order chi connectivity index (χ1) is 8.99. The molecule has 1 unspecified atom stereocenters. The summed E-state index contributed by atoms with van der Waals surface area (Å²) in [5.74, 6) is 0. The normalized spacial score (nSPS) is 14.9. The van der Waals surface area contributed by atoms with Crippen LogP contribution >= 0.6 is 7.37 Å². The van der Waals surface area contributed by atoms with Crippen molar-refractivity contribution in [2.24, 2.45) is 0 Å². The van der Waals surface area contributed by atoms with Gasteiger partial charge in [0, 0.05) is 19.4 Å². The first-order valence-electron chi connectivity index (χ1n) is 6.51. The van der Waals surface area contributed by atoms with E-state index in [-0.39, 0.29) is 6.16 Å². The van der Waals surface area contributed by atoms with Crippen molar-refractivity contribution in [3.05, 3.63) is 0 Å². The summed E-state index contributed by atoms with van der Waals surface area (Å²) in [5, 5.41) is 2.75. The molecule has 0 spiro atoms. The molecule has 0 aromatic rings. The van der Waals surface area contributed by atoms with Crippen molar-refractivity contribution in [2.45, 2.75) is 33.2 Å². The molecule has 0 aliphatic carbocycles. The second-order valence-electron chi connectivity index (χ2n) is 3.84. The van der Waals surface area contributed by atoms with E-state index in [0.29, 0.717) is 32.6 Å². The van der Waals surface area contributed by atoms with Gasteiger partial charge in [-0.3, -0.25) is 4.57 Å². The van der Waals surface area contributed by atoms with Gasteiger partial charge >= 0.3 is 0 Å². The van der Waals surface area contributed by atoms with E-state index in [9.17, 15) is 9.36 Å². The Morgan fingerprint density at radius 2 is 1.79 bits per heavy atom. The summed E-state index contributed by atoms with van der Waals surface area (Å²) in [6, 6.07) is 0. The van der Waals surface area contributed by atoms with Gasteiger partial charge in [-0.1, -0.05) is 0 Å². The molecule has 0 rings (SSSR count). The van der Waals surface area contributed by atoms with E-state index < -0.39 is 12.9 Å². The van der Waals surface area contributed by atoms with Crippen LogP contribution in [-0.4, -0.2) is 51.7 Å². The molecular formula is C11H24BNO5P. The Morgan fingerprint density at radius 1 is 1.21 bits per heavy atom. The van der Waals surface area contributed by atoms with Gasteiger partial charge in [-0.05, 0) is 34.2 Å². The predicted octanol–water partition coefficient (Wildman–Crippen LogP) is 1.45. The van der Waals surface area contributed by atoms with Gasteiger partial charge in [0.2, 0.25) is 5.53 Å². The number of carbonyl (C=O) groups is 1. The first-order valence-corrected chi connectivity index (χ1v) is 8.32. The first kappa shape index (κ1) is 18.8. The Labute approximate surface area is 116 Å². The highest BCUT2D eigenvalue weighted by molar-refractivity contribution is 7.60. The van der Waals surface area contributed by atoms with Crippen LogP contribution in [-0.2, 0) is 23.4 Å². The lowest BCUT2D eigenvalue weighted by Crippen LogP contribution is -2.37. The lowest BCUT2D eigenvalue weighted by atomic mass is 10.00. The van der Waals surface area contributed by atoms with E-state index in [4.69, 9.17) is 14.0 Å². The minimum absolute atomic E-state index is 0.224. The number of nitrogens with one attached hydrogen (secondary N) is 1. The number of rotatable bonds is 12. The molecule has 0 fully saturated rings. The fourth-order valence-electron chi connectivity index (χ4n) is 1.71. The minimum atomic E-state index is -3.16. The van der Waals surface area contributed by atoms with Crippen LogP contribution in [0.25, 0.3) is 0 Å². The maximum Gasteiger partial charge on any atom is 0.290 e. The molecule has 0 aromatic heterocycles. The van der Waals surface area contributed by atoms with Gasteiger partial charge in [-0.25, -0.2) is 0 Å². The molecule has 0 aliphatic rings. The van der Waals surface area contributed by atoms with Crippen molar-refractivity contribution in [1.82, 2.24) is 5.23 Å². The molecule has 0 amide bonds. The number of hydrogen-bond acceptors (Lipinski definition) is 6. The Morgan fingerprint density at radius 3 is 2.21 bits per heavy atom. The summed E-state index contributed by atoms with van der Waals surface area (Å²) in [4.78, 5) is 10.2. The van der Waals surface area contributed by atoms with Crippen molar-refractivity contribution < 1.29 is 23.4 Å². The maximum atomic E-state index is 13.0. The molecule has 0 aromatic carbocycles. The van der Waals surface area contributed by atoms with Crippen molar-refractivity contribution in [1.29, 1.82) is 0 Å². The van der Waals surface area contributed by atoms with Crippen LogP contribution in [0.15, 0.2) is 0 Å². The molecule has 0 aliphatic heterocycles. The van der Waals surface area contributed by atoms with Gasteiger partial charge in [0.25, 0.3) is 14.8 Å². The quantitative estimate of drug-likeness (QED) is 0.193. The van der Waals surface area contributed by atoms with E-state index in [1.165, 1.54) is 7.41 Å². The number of hydrogen-bond donors (Lipinski definition) is 1. The second kappa shape index (κ2) is 9.67.